The standard InChI is InChI=1S/C18H23N5O3S/c1-25-13-7-12(8-13)16(24)22-18-21-11-15(27-18)26-14-9-19-17(20-10-14)23-5-3-2-4-6-23/h9-13H,2-8H2,1H3,(H,21,22,24). The molecule has 0 spiro atoms. The minimum Gasteiger partial charge on any atom is -0.442 e. The minimum absolute atomic E-state index is 0.000972. The summed E-state index contributed by atoms with van der Waals surface area (Å²) >= 11 is 1.28. The number of ether oxygens (including phenoxy) is 2. The zero-order valence-corrected chi connectivity index (χ0v) is 16.1. The molecule has 0 radical (unpaired) electrons. The maximum atomic E-state index is 12.1. The van der Waals surface area contributed by atoms with Crippen LogP contribution in [-0.4, -0.2) is 47.2 Å². The van der Waals surface area contributed by atoms with E-state index in [0.717, 1.165) is 31.9 Å². The van der Waals surface area contributed by atoms with E-state index in [2.05, 4.69) is 25.2 Å². The minimum atomic E-state index is -0.0154. The van der Waals surface area contributed by atoms with Crippen molar-refractivity contribution in [3.8, 4) is 10.8 Å². The number of amides is 1. The zero-order chi connectivity index (χ0) is 18.6. The van der Waals surface area contributed by atoms with Crippen LogP contribution in [0.15, 0.2) is 18.6 Å². The molecule has 2 aromatic rings. The van der Waals surface area contributed by atoms with E-state index in [-0.39, 0.29) is 17.9 Å². The van der Waals surface area contributed by atoms with E-state index in [1.165, 1.54) is 30.6 Å². The Morgan fingerprint density at radius 2 is 1.89 bits per heavy atom. The van der Waals surface area contributed by atoms with E-state index in [9.17, 15) is 4.79 Å². The maximum Gasteiger partial charge on any atom is 0.229 e. The molecule has 2 aromatic heterocycles. The van der Waals surface area contributed by atoms with Crippen molar-refractivity contribution in [1.29, 1.82) is 0 Å². The van der Waals surface area contributed by atoms with E-state index in [1.807, 2.05) is 0 Å². The molecule has 1 saturated carbocycles. The number of rotatable bonds is 6. The maximum absolute atomic E-state index is 12.1. The highest BCUT2D eigenvalue weighted by Gasteiger charge is 2.34. The van der Waals surface area contributed by atoms with Crippen molar-refractivity contribution in [3.63, 3.8) is 0 Å². The Bertz CT molecular complexity index is 770. The van der Waals surface area contributed by atoms with E-state index in [4.69, 9.17) is 9.47 Å². The Labute approximate surface area is 161 Å². The second kappa shape index (κ2) is 8.18. The van der Waals surface area contributed by atoms with Gasteiger partial charge in [-0.05, 0) is 32.1 Å². The second-order valence-electron chi connectivity index (χ2n) is 6.87. The normalized spacial score (nSPS) is 22.2. The summed E-state index contributed by atoms with van der Waals surface area (Å²) in [4.78, 5) is 27.4. The van der Waals surface area contributed by atoms with Crippen LogP contribution in [0.4, 0.5) is 11.1 Å². The number of carbonyl (C=O) groups is 1. The third kappa shape index (κ3) is 4.36. The highest BCUT2D eigenvalue weighted by atomic mass is 32.1. The quantitative estimate of drug-likeness (QED) is 0.812. The van der Waals surface area contributed by atoms with Gasteiger partial charge in [0.25, 0.3) is 0 Å². The van der Waals surface area contributed by atoms with E-state index in [1.54, 1.807) is 25.7 Å². The largest absolute Gasteiger partial charge is 0.442 e. The third-order valence-electron chi connectivity index (χ3n) is 4.99. The number of thiazole rings is 1. The van der Waals surface area contributed by atoms with E-state index in [0.29, 0.717) is 15.9 Å². The van der Waals surface area contributed by atoms with Crippen LogP contribution in [0.25, 0.3) is 0 Å². The Hall–Kier alpha value is -2.26. The molecule has 27 heavy (non-hydrogen) atoms. The summed E-state index contributed by atoms with van der Waals surface area (Å²) in [5.41, 5.74) is 0. The SMILES string of the molecule is COC1CC(C(=O)Nc2ncc(Oc3cnc(N4CCCCC4)nc3)s2)C1. The highest BCUT2D eigenvalue weighted by molar-refractivity contribution is 7.17. The van der Waals surface area contributed by atoms with Crippen LogP contribution in [0.3, 0.4) is 0 Å². The molecule has 0 atom stereocenters. The van der Waals surface area contributed by atoms with Crippen molar-refractivity contribution in [2.75, 3.05) is 30.4 Å². The number of nitrogens with one attached hydrogen (secondary N) is 1. The number of carbonyl (C=O) groups excluding carboxylic acids is 1. The average molecular weight is 389 g/mol. The van der Waals surface area contributed by atoms with Crippen molar-refractivity contribution >= 4 is 28.3 Å². The number of methoxy groups -OCH3 is 1. The molecule has 3 heterocycles. The molecule has 2 aliphatic rings. The van der Waals surface area contributed by atoms with Gasteiger partial charge in [0, 0.05) is 26.1 Å². The first-order valence-electron chi connectivity index (χ1n) is 9.25. The Morgan fingerprint density at radius 1 is 1.15 bits per heavy atom. The predicted molar refractivity (Wildman–Crippen MR) is 102 cm³/mol. The van der Waals surface area contributed by atoms with Gasteiger partial charge in [-0.3, -0.25) is 4.79 Å². The molecule has 4 rings (SSSR count). The van der Waals surface area contributed by atoms with E-state index >= 15 is 0 Å². The van der Waals surface area contributed by atoms with E-state index < -0.39 is 0 Å². The lowest BCUT2D eigenvalue weighted by Crippen LogP contribution is -2.38. The predicted octanol–water partition coefficient (Wildman–Crippen LogP) is 3.08. The molecule has 1 aliphatic heterocycles. The Kier molecular flexibility index (Phi) is 5.49. The van der Waals surface area contributed by atoms with Crippen molar-refractivity contribution in [2.45, 2.75) is 38.2 Å². The molecule has 144 valence electrons. The lowest BCUT2D eigenvalue weighted by Gasteiger charge is -2.32. The summed E-state index contributed by atoms with van der Waals surface area (Å²) in [6.45, 7) is 2.01. The van der Waals surface area contributed by atoms with Gasteiger partial charge in [-0.2, -0.15) is 0 Å². The topological polar surface area (TPSA) is 89.5 Å². The van der Waals surface area contributed by atoms with Crippen molar-refractivity contribution in [2.24, 2.45) is 5.92 Å². The van der Waals surface area contributed by atoms with Crippen LogP contribution in [0.1, 0.15) is 32.1 Å². The fourth-order valence-electron chi connectivity index (χ4n) is 3.28. The average Bonchev–Trinajstić information content (AvgIpc) is 3.09. The molecular formula is C18H23N5O3S. The summed E-state index contributed by atoms with van der Waals surface area (Å²) in [5.74, 6) is 1.28. The first kappa shape index (κ1) is 18.1. The summed E-state index contributed by atoms with van der Waals surface area (Å²) < 4.78 is 11.0. The van der Waals surface area contributed by atoms with Gasteiger partial charge in [-0.1, -0.05) is 11.3 Å². The lowest BCUT2D eigenvalue weighted by molar-refractivity contribution is -0.127. The zero-order valence-electron chi connectivity index (χ0n) is 15.3. The van der Waals surface area contributed by atoms with Crippen LogP contribution >= 0.6 is 11.3 Å². The summed E-state index contributed by atoms with van der Waals surface area (Å²) in [6, 6.07) is 0. The van der Waals surface area contributed by atoms with Gasteiger partial charge in [-0.15, -0.1) is 0 Å². The monoisotopic (exact) mass is 389 g/mol. The second-order valence-corrected chi connectivity index (χ2v) is 7.86. The van der Waals surface area contributed by atoms with Crippen molar-refractivity contribution in [1.82, 2.24) is 15.0 Å². The molecular weight excluding hydrogens is 366 g/mol. The molecule has 0 unspecified atom stereocenters. The van der Waals surface area contributed by atoms with Crippen LogP contribution in [0, 0.1) is 5.92 Å². The van der Waals surface area contributed by atoms with Crippen LogP contribution in [0.2, 0.25) is 0 Å². The molecule has 2 fully saturated rings. The van der Waals surface area contributed by atoms with Crippen LogP contribution in [0.5, 0.6) is 10.8 Å². The fraction of sp³-hybridized carbons (Fsp3) is 0.556. The van der Waals surface area contributed by atoms with Gasteiger partial charge in [-0.25, -0.2) is 15.0 Å². The molecule has 8 nitrogen and oxygen atoms in total. The number of anilines is 2. The first-order valence-corrected chi connectivity index (χ1v) is 10.1. The van der Waals surface area contributed by atoms with Gasteiger partial charge in [0.15, 0.2) is 10.9 Å². The van der Waals surface area contributed by atoms with Gasteiger partial charge in [0.05, 0.1) is 24.7 Å². The van der Waals surface area contributed by atoms with Gasteiger partial charge in [0.1, 0.15) is 0 Å². The molecule has 9 heteroatoms. The number of nitrogens with zero attached hydrogens (tertiary/aromatic N) is 4. The molecule has 0 bridgehead atoms. The van der Waals surface area contributed by atoms with Crippen LogP contribution in [-0.2, 0) is 9.53 Å². The van der Waals surface area contributed by atoms with Crippen LogP contribution < -0.4 is 15.0 Å². The third-order valence-corrected chi connectivity index (χ3v) is 5.78. The van der Waals surface area contributed by atoms with Gasteiger partial charge < -0.3 is 19.7 Å². The smallest absolute Gasteiger partial charge is 0.229 e. The molecule has 1 N–H and O–H groups in total. The highest BCUT2D eigenvalue weighted by Crippen LogP contribution is 2.33. The van der Waals surface area contributed by atoms with Crippen molar-refractivity contribution < 1.29 is 14.3 Å². The number of hydrogen-bond donors (Lipinski definition) is 1. The van der Waals surface area contributed by atoms with Gasteiger partial charge >= 0.3 is 0 Å². The summed E-state index contributed by atoms with van der Waals surface area (Å²) in [5, 5.41) is 3.96. The molecule has 0 aromatic carbocycles. The molecule has 1 amide bonds. The number of aromatic nitrogens is 3. The Morgan fingerprint density at radius 3 is 2.59 bits per heavy atom. The summed E-state index contributed by atoms with van der Waals surface area (Å²) in [7, 11) is 1.67. The lowest BCUT2D eigenvalue weighted by atomic mass is 9.82. The molecule has 1 saturated heterocycles. The van der Waals surface area contributed by atoms with Gasteiger partial charge in [0.2, 0.25) is 16.9 Å². The fourth-order valence-corrected chi connectivity index (χ4v) is 3.97. The number of piperidine rings is 1. The van der Waals surface area contributed by atoms with Crippen molar-refractivity contribution in [3.05, 3.63) is 18.6 Å². The number of hydrogen-bond acceptors (Lipinski definition) is 8. The first-order chi connectivity index (χ1) is 13.2. The Balaban J connectivity index is 1.30. The summed E-state index contributed by atoms with van der Waals surface area (Å²) in [6.07, 6.45) is 10.3. The molecule has 1 aliphatic carbocycles.